The monoisotopic (exact) mass is 375 g/mol. The first-order valence-corrected chi connectivity index (χ1v) is 8.89. The first-order valence-electron chi connectivity index (χ1n) is 8.89. The third-order valence-corrected chi connectivity index (χ3v) is 4.89. The van der Waals surface area contributed by atoms with Crippen LogP contribution in [0.25, 0.3) is 11.0 Å². The van der Waals surface area contributed by atoms with Crippen molar-refractivity contribution in [1.29, 1.82) is 0 Å². The molecule has 1 aromatic carbocycles. The molecule has 0 aliphatic carbocycles. The zero-order chi connectivity index (χ0) is 20.3. The molecule has 1 amide bonds. The van der Waals surface area contributed by atoms with Gasteiger partial charge in [-0.2, -0.15) is 0 Å². The van der Waals surface area contributed by atoms with Gasteiger partial charge >= 0.3 is 11.6 Å². The van der Waals surface area contributed by atoms with Crippen LogP contribution in [-0.4, -0.2) is 29.1 Å². The molecule has 7 nitrogen and oxygen atoms in total. The van der Waals surface area contributed by atoms with Crippen LogP contribution in [0.5, 0.6) is 5.75 Å². The molecule has 0 fully saturated rings. The number of rotatable bonds is 7. The highest BCUT2D eigenvalue weighted by atomic mass is 16.5. The molecule has 1 aromatic heterocycles. The average molecular weight is 375 g/mol. The van der Waals surface area contributed by atoms with Gasteiger partial charge in [0.25, 0.3) is 5.91 Å². The smallest absolute Gasteiger partial charge is 0.339 e. The number of ether oxygens (including phenoxy) is 1. The largest absolute Gasteiger partial charge is 0.481 e. The second-order valence-corrected chi connectivity index (χ2v) is 6.77. The molecular weight excluding hydrogens is 350 g/mol. The highest BCUT2D eigenvalue weighted by Gasteiger charge is 2.28. The molecule has 2 N–H and O–H groups in total. The molecule has 1 heterocycles. The molecule has 0 bridgehead atoms. The molecule has 0 unspecified atom stereocenters. The third-order valence-electron chi connectivity index (χ3n) is 4.89. The molecule has 0 saturated carbocycles. The fourth-order valence-electron chi connectivity index (χ4n) is 2.71. The van der Waals surface area contributed by atoms with Gasteiger partial charge in [-0.3, -0.25) is 4.79 Å². The SMILES string of the molecule is CC[C@H](C)[C@H](NC(=O)[C@@H](C)Oc1ccc2c(C)c(C)c(=O)oc2c1)C(=O)O. The van der Waals surface area contributed by atoms with Crippen molar-refractivity contribution in [3.05, 3.63) is 39.7 Å². The van der Waals surface area contributed by atoms with E-state index in [0.29, 0.717) is 23.3 Å². The third kappa shape index (κ3) is 4.48. The second-order valence-electron chi connectivity index (χ2n) is 6.77. The predicted molar refractivity (Wildman–Crippen MR) is 101 cm³/mol. The van der Waals surface area contributed by atoms with Gasteiger partial charge in [-0.15, -0.1) is 0 Å². The molecule has 0 saturated heterocycles. The lowest BCUT2D eigenvalue weighted by atomic mass is 9.99. The number of aryl methyl sites for hydroxylation is 1. The van der Waals surface area contributed by atoms with Crippen molar-refractivity contribution in [2.75, 3.05) is 0 Å². The first kappa shape index (κ1) is 20.5. The highest BCUT2D eigenvalue weighted by Crippen LogP contribution is 2.24. The van der Waals surface area contributed by atoms with Crippen molar-refractivity contribution in [1.82, 2.24) is 5.32 Å². The lowest BCUT2D eigenvalue weighted by molar-refractivity contribution is -0.144. The zero-order valence-corrected chi connectivity index (χ0v) is 16.2. The van der Waals surface area contributed by atoms with E-state index in [1.807, 2.05) is 13.8 Å². The van der Waals surface area contributed by atoms with E-state index in [1.54, 1.807) is 32.0 Å². The van der Waals surface area contributed by atoms with Crippen molar-refractivity contribution < 1.29 is 23.8 Å². The molecule has 146 valence electrons. The molecule has 3 atom stereocenters. The van der Waals surface area contributed by atoms with Crippen LogP contribution in [-0.2, 0) is 9.59 Å². The maximum absolute atomic E-state index is 12.3. The molecule has 7 heteroatoms. The van der Waals surface area contributed by atoms with Crippen molar-refractivity contribution >= 4 is 22.8 Å². The Morgan fingerprint density at radius 2 is 1.89 bits per heavy atom. The van der Waals surface area contributed by atoms with E-state index in [9.17, 15) is 19.5 Å². The van der Waals surface area contributed by atoms with Crippen LogP contribution in [0.2, 0.25) is 0 Å². The Labute approximate surface area is 157 Å². The van der Waals surface area contributed by atoms with Gasteiger partial charge in [0.05, 0.1) is 0 Å². The van der Waals surface area contributed by atoms with Gasteiger partial charge in [-0.25, -0.2) is 9.59 Å². The zero-order valence-electron chi connectivity index (χ0n) is 16.2. The molecule has 0 aliphatic heterocycles. The number of benzene rings is 1. The van der Waals surface area contributed by atoms with E-state index in [1.165, 1.54) is 6.92 Å². The fraction of sp³-hybridized carbons (Fsp3) is 0.450. The summed E-state index contributed by atoms with van der Waals surface area (Å²) in [6, 6.07) is 4.02. The number of aliphatic carboxylic acids is 1. The summed E-state index contributed by atoms with van der Waals surface area (Å²) in [4.78, 5) is 35.5. The topological polar surface area (TPSA) is 106 Å². The summed E-state index contributed by atoms with van der Waals surface area (Å²) in [6.07, 6.45) is -0.291. The predicted octanol–water partition coefficient (Wildman–Crippen LogP) is 2.79. The van der Waals surface area contributed by atoms with Gasteiger partial charge in [-0.1, -0.05) is 20.3 Å². The van der Waals surface area contributed by atoms with Gasteiger partial charge in [0.2, 0.25) is 0 Å². The summed E-state index contributed by atoms with van der Waals surface area (Å²) in [5, 5.41) is 12.6. The number of carboxylic acids is 1. The number of amides is 1. The minimum atomic E-state index is -1.08. The maximum Gasteiger partial charge on any atom is 0.339 e. The van der Waals surface area contributed by atoms with E-state index in [4.69, 9.17) is 9.15 Å². The summed E-state index contributed by atoms with van der Waals surface area (Å²) < 4.78 is 10.9. The van der Waals surface area contributed by atoms with Crippen LogP contribution in [0.1, 0.15) is 38.3 Å². The van der Waals surface area contributed by atoms with Crippen molar-refractivity contribution in [2.24, 2.45) is 5.92 Å². The Hall–Kier alpha value is -2.83. The molecule has 0 radical (unpaired) electrons. The number of fused-ring (bicyclic) bond motifs is 1. The van der Waals surface area contributed by atoms with E-state index < -0.39 is 29.6 Å². The molecule has 27 heavy (non-hydrogen) atoms. The van der Waals surface area contributed by atoms with Crippen LogP contribution in [0.3, 0.4) is 0 Å². The fourth-order valence-corrected chi connectivity index (χ4v) is 2.71. The molecular formula is C20H25NO6. The maximum atomic E-state index is 12.3. The Bertz CT molecular complexity index is 917. The number of hydrogen-bond acceptors (Lipinski definition) is 5. The van der Waals surface area contributed by atoms with E-state index >= 15 is 0 Å². The summed E-state index contributed by atoms with van der Waals surface area (Å²) >= 11 is 0. The quantitative estimate of drug-likeness (QED) is 0.721. The number of carboxylic acid groups (broad SMARTS) is 1. The van der Waals surface area contributed by atoms with Crippen LogP contribution < -0.4 is 15.7 Å². The van der Waals surface area contributed by atoms with Crippen molar-refractivity contribution in [2.45, 2.75) is 53.2 Å². The van der Waals surface area contributed by atoms with Gasteiger partial charge in [0.1, 0.15) is 17.4 Å². The minimum absolute atomic E-state index is 0.209. The Kier molecular flexibility index (Phi) is 6.25. The molecule has 2 rings (SSSR count). The van der Waals surface area contributed by atoms with Crippen molar-refractivity contribution in [3.8, 4) is 5.75 Å². The van der Waals surface area contributed by atoms with Gasteiger partial charge in [-0.05, 0) is 44.4 Å². The van der Waals surface area contributed by atoms with Crippen LogP contribution in [0.15, 0.2) is 27.4 Å². The summed E-state index contributed by atoms with van der Waals surface area (Å²) in [5.74, 6) is -1.46. The highest BCUT2D eigenvalue weighted by molar-refractivity contribution is 5.87. The average Bonchev–Trinajstić information content (AvgIpc) is 2.62. The van der Waals surface area contributed by atoms with Gasteiger partial charge < -0.3 is 19.6 Å². The number of nitrogens with one attached hydrogen (secondary N) is 1. The first-order chi connectivity index (χ1) is 12.6. The summed E-state index contributed by atoms with van der Waals surface area (Å²) in [6.45, 7) is 8.70. The van der Waals surface area contributed by atoms with E-state index in [2.05, 4.69) is 5.32 Å². The number of hydrogen-bond donors (Lipinski definition) is 2. The van der Waals surface area contributed by atoms with Gasteiger partial charge in [0, 0.05) is 17.0 Å². The minimum Gasteiger partial charge on any atom is -0.481 e. The lowest BCUT2D eigenvalue weighted by Crippen LogP contribution is -2.49. The van der Waals surface area contributed by atoms with E-state index in [0.717, 1.165) is 10.9 Å². The number of carbonyl (C=O) groups is 2. The van der Waals surface area contributed by atoms with Crippen LogP contribution >= 0.6 is 0 Å². The molecule has 2 aromatic rings. The Balaban J connectivity index is 2.18. The van der Waals surface area contributed by atoms with Crippen molar-refractivity contribution in [3.63, 3.8) is 0 Å². The van der Waals surface area contributed by atoms with Crippen LogP contribution in [0.4, 0.5) is 0 Å². The molecule has 0 aliphatic rings. The Morgan fingerprint density at radius 1 is 1.22 bits per heavy atom. The normalized spacial score (nSPS) is 14.4. The summed E-state index contributed by atoms with van der Waals surface area (Å²) in [7, 11) is 0. The van der Waals surface area contributed by atoms with Crippen LogP contribution in [0, 0.1) is 19.8 Å². The summed E-state index contributed by atoms with van der Waals surface area (Å²) in [5.41, 5.74) is 1.34. The molecule has 0 spiro atoms. The standard InChI is InChI=1S/C20H25NO6/c1-6-10(2)17(19(23)24)21-18(22)13(5)26-14-7-8-15-11(3)12(4)20(25)27-16(15)9-14/h7-10,13,17H,6H2,1-5H3,(H,21,22)(H,23,24)/t10-,13+,17-/m0/s1. The Morgan fingerprint density at radius 3 is 2.48 bits per heavy atom. The number of carbonyl (C=O) groups excluding carboxylic acids is 1. The lowest BCUT2D eigenvalue weighted by Gasteiger charge is -2.22. The second kappa shape index (κ2) is 8.24. The van der Waals surface area contributed by atoms with E-state index in [-0.39, 0.29) is 5.92 Å². The van der Waals surface area contributed by atoms with Gasteiger partial charge in [0.15, 0.2) is 6.10 Å².